The van der Waals surface area contributed by atoms with Gasteiger partial charge in [0.2, 0.25) is 11.9 Å². The van der Waals surface area contributed by atoms with Crippen molar-refractivity contribution in [3.63, 3.8) is 0 Å². The molecule has 45 heavy (non-hydrogen) atoms. The number of para-hydroxylation sites is 2. The van der Waals surface area contributed by atoms with Crippen LogP contribution in [0.1, 0.15) is 19.4 Å². The molecule has 0 aliphatic rings. The van der Waals surface area contributed by atoms with E-state index in [4.69, 9.17) is 14.2 Å². The summed E-state index contributed by atoms with van der Waals surface area (Å²) < 4.78 is 18.9. The van der Waals surface area contributed by atoms with E-state index < -0.39 is 12.1 Å². The maximum absolute atomic E-state index is 13.9. The summed E-state index contributed by atoms with van der Waals surface area (Å²) in [5.74, 6) is -0.888. The van der Waals surface area contributed by atoms with Crippen LogP contribution in [0.15, 0.2) is 95.7 Å². The van der Waals surface area contributed by atoms with Gasteiger partial charge in [-0.3, -0.25) is 19.1 Å². The summed E-state index contributed by atoms with van der Waals surface area (Å²) in [7, 11) is 0. The minimum Gasteiger partial charge on any atom is -0.463 e. The highest BCUT2D eigenvalue weighted by molar-refractivity contribution is 9.10. The number of carbonyl (C=O) groups excluding carboxylic acids is 3. The van der Waals surface area contributed by atoms with Crippen molar-refractivity contribution in [3.05, 3.63) is 101 Å². The van der Waals surface area contributed by atoms with E-state index in [2.05, 4.69) is 30.9 Å². The van der Waals surface area contributed by atoms with Crippen molar-refractivity contribution in [1.29, 1.82) is 0 Å². The molecule has 0 radical (unpaired) electrons. The Hall–Kier alpha value is -5.14. The summed E-state index contributed by atoms with van der Waals surface area (Å²) in [5, 5.41) is 0. The van der Waals surface area contributed by atoms with Gasteiger partial charge in [0.05, 0.1) is 30.9 Å². The first-order valence-corrected chi connectivity index (χ1v) is 14.7. The third-order valence-corrected chi connectivity index (χ3v) is 7.26. The maximum Gasteiger partial charge on any atom is 0.425 e. The summed E-state index contributed by atoms with van der Waals surface area (Å²) in [6.45, 7) is 3.05. The number of aromatic nitrogens is 4. The molecule has 230 valence electrons. The summed E-state index contributed by atoms with van der Waals surface area (Å²) in [5.41, 5.74) is 2.41. The van der Waals surface area contributed by atoms with Crippen molar-refractivity contribution >= 4 is 62.4 Å². The Bertz CT molecular complexity index is 1760. The van der Waals surface area contributed by atoms with Gasteiger partial charge in [0.15, 0.2) is 11.2 Å². The van der Waals surface area contributed by atoms with Gasteiger partial charge in [0.1, 0.15) is 13.3 Å². The van der Waals surface area contributed by atoms with Gasteiger partial charge in [-0.25, -0.2) is 14.7 Å². The molecule has 0 aliphatic carbocycles. The Morgan fingerprint density at radius 2 is 1.49 bits per heavy atom. The zero-order valence-corrected chi connectivity index (χ0v) is 26.1. The predicted octanol–water partition coefficient (Wildman–Crippen LogP) is 6.02. The molecule has 0 atom stereocenters. The van der Waals surface area contributed by atoms with Crippen LogP contribution in [-0.2, 0) is 32.3 Å². The molecule has 13 heteroatoms. The predicted molar refractivity (Wildman–Crippen MR) is 170 cm³/mol. The van der Waals surface area contributed by atoms with Crippen LogP contribution in [0.3, 0.4) is 0 Å². The van der Waals surface area contributed by atoms with Gasteiger partial charge in [0.25, 0.3) is 5.88 Å². The van der Waals surface area contributed by atoms with Gasteiger partial charge in [-0.2, -0.15) is 9.97 Å². The normalized spacial score (nSPS) is 10.8. The van der Waals surface area contributed by atoms with Crippen LogP contribution >= 0.6 is 15.9 Å². The fourth-order valence-corrected chi connectivity index (χ4v) is 4.77. The third-order valence-electron chi connectivity index (χ3n) is 6.49. The zero-order chi connectivity index (χ0) is 31.8. The fraction of sp³-hybridized carbons (Fsp3) is 0.188. The Morgan fingerprint density at radius 1 is 0.844 bits per heavy atom. The number of anilines is 3. The number of carbonyl (C=O) groups is 3. The van der Waals surface area contributed by atoms with Gasteiger partial charge >= 0.3 is 12.1 Å². The van der Waals surface area contributed by atoms with E-state index in [0.717, 1.165) is 10.0 Å². The first-order chi connectivity index (χ1) is 21.8. The maximum atomic E-state index is 13.9. The fourth-order valence-electron chi connectivity index (χ4n) is 4.36. The van der Waals surface area contributed by atoms with E-state index in [1.807, 2.05) is 60.7 Å². The molecule has 0 unspecified atom stereocenters. The van der Waals surface area contributed by atoms with E-state index in [1.54, 1.807) is 28.8 Å². The molecule has 12 nitrogen and oxygen atoms in total. The summed E-state index contributed by atoms with van der Waals surface area (Å²) >= 11 is 3.53. The van der Waals surface area contributed by atoms with Crippen LogP contribution in [0, 0.1) is 0 Å². The second-order valence-corrected chi connectivity index (χ2v) is 10.5. The van der Waals surface area contributed by atoms with Gasteiger partial charge in [-0.1, -0.05) is 70.5 Å². The molecule has 5 rings (SSSR count). The summed E-state index contributed by atoms with van der Waals surface area (Å²) in [6.07, 6.45) is 0.718. The Kier molecular flexibility index (Phi) is 10.1. The molecule has 0 bridgehead atoms. The number of ether oxygens (including phenoxy) is 3. The van der Waals surface area contributed by atoms with Crippen molar-refractivity contribution in [2.75, 3.05) is 23.0 Å². The molecule has 0 N–H and O–H groups in total. The lowest BCUT2D eigenvalue weighted by Crippen LogP contribution is -2.31. The number of benzene rings is 3. The van der Waals surface area contributed by atoms with E-state index in [1.165, 1.54) is 30.0 Å². The van der Waals surface area contributed by atoms with Crippen molar-refractivity contribution in [1.82, 2.24) is 19.5 Å². The van der Waals surface area contributed by atoms with Gasteiger partial charge in [-0.05, 0) is 35.9 Å². The molecule has 2 heterocycles. The average Bonchev–Trinajstić information content (AvgIpc) is 3.44. The average molecular weight is 674 g/mol. The SMILES string of the molecule is CC(=O)OCCOCn1cnc2c(OC(=O)N(c3ccccc3)c3ccccc3)nc(N(Cc3ccccc3Br)C(C)=O)nc21. The van der Waals surface area contributed by atoms with E-state index >= 15 is 0 Å². The number of nitrogens with zero attached hydrogens (tertiary/aromatic N) is 6. The number of rotatable bonds is 11. The lowest BCUT2D eigenvalue weighted by atomic mass is 10.2. The third kappa shape index (κ3) is 7.69. The highest BCUT2D eigenvalue weighted by Gasteiger charge is 2.26. The van der Waals surface area contributed by atoms with Crippen LogP contribution in [0.25, 0.3) is 11.2 Å². The molecule has 0 saturated heterocycles. The van der Waals surface area contributed by atoms with Gasteiger partial charge < -0.3 is 14.2 Å². The minimum absolute atomic E-state index is 0.00110. The molecule has 0 spiro atoms. The molecule has 0 saturated carbocycles. The van der Waals surface area contributed by atoms with Gasteiger partial charge in [-0.15, -0.1) is 0 Å². The number of fused-ring (bicyclic) bond motifs is 1. The Labute approximate surface area is 267 Å². The molecule has 2 amide bonds. The smallest absolute Gasteiger partial charge is 0.425 e. The minimum atomic E-state index is -0.745. The standard InChI is InChI=1S/C32H29BrN6O6/c1-22(40)38(19-24-11-9-10-16-27(24)33)31-35-29-28(34-20-37(29)21-43-17-18-44-23(2)41)30(36-31)45-32(42)39(25-12-5-3-6-13-25)26-14-7-4-8-15-26/h3-16,20H,17-19,21H2,1-2H3. The van der Waals surface area contributed by atoms with Crippen molar-refractivity contribution in [2.24, 2.45) is 0 Å². The molecule has 2 aromatic heterocycles. The zero-order valence-electron chi connectivity index (χ0n) is 24.5. The number of halogens is 1. The lowest BCUT2D eigenvalue weighted by molar-refractivity contribution is -0.142. The van der Waals surface area contributed by atoms with Crippen molar-refractivity contribution in [3.8, 4) is 5.88 Å². The molecule has 0 fully saturated rings. The summed E-state index contributed by atoms with van der Waals surface area (Å²) in [4.78, 5) is 54.3. The Balaban J connectivity index is 1.54. The number of imidazole rings is 1. The second-order valence-electron chi connectivity index (χ2n) is 9.66. The highest BCUT2D eigenvalue weighted by Crippen LogP contribution is 2.30. The van der Waals surface area contributed by atoms with E-state index in [0.29, 0.717) is 11.4 Å². The number of amides is 2. The second kappa shape index (κ2) is 14.6. The van der Waals surface area contributed by atoms with E-state index in [-0.39, 0.29) is 55.4 Å². The topological polar surface area (TPSA) is 129 Å². The monoisotopic (exact) mass is 672 g/mol. The summed E-state index contributed by atoms with van der Waals surface area (Å²) in [6, 6.07) is 25.6. The molecule has 0 aliphatic heterocycles. The highest BCUT2D eigenvalue weighted by atomic mass is 79.9. The number of hydrogen-bond acceptors (Lipinski definition) is 9. The van der Waals surface area contributed by atoms with Crippen molar-refractivity contribution < 1.29 is 28.6 Å². The molecular weight excluding hydrogens is 644 g/mol. The Morgan fingerprint density at radius 3 is 2.11 bits per heavy atom. The van der Waals surface area contributed by atoms with Crippen LogP contribution in [0.5, 0.6) is 5.88 Å². The first kappa shape index (κ1) is 31.3. The lowest BCUT2D eigenvalue weighted by Gasteiger charge is -2.23. The van der Waals surface area contributed by atoms with Crippen molar-refractivity contribution in [2.45, 2.75) is 27.1 Å². The van der Waals surface area contributed by atoms with Gasteiger partial charge in [0, 0.05) is 18.3 Å². The molecule has 3 aromatic carbocycles. The molecular formula is C32H29BrN6O6. The van der Waals surface area contributed by atoms with E-state index in [9.17, 15) is 14.4 Å². The molecule has 5 aromatic rings. The largest absolute Gasteiger partial charge is 0.463 e. The van der Waals surface area contributed by atoms with Crippen LogP contribution < -0.4 is 14.5 Å². The quantitative estimate of drug-likeness (QED) is 0.122. The van der Waals surface area contributed by atoms with Crippen LogP contribution in [0.4, 0.5) is 22.1 Å². The number of esters is 1. The van der Waals surface area contributed by atoms with Crippen LogP contribution in [0.2, 0.25) is 0 Å². The van der Waals surface area contributed by atoms with Crippen LogP contribution in [-0.4, -0.2) is 50.7 Å². The first-order valence-electron chi connectivity index (χ1n) is 13.9. The number of hydrogen-bond donors (Lipinski definition) is 0.